The number of aromatic carboxylic acids is 1. The number of fused-ring (bicyclic) bond motifs is 1. The summed E-state index contributed by atoms with van der Waals surface area (Å²) < 4.78 is 7.15. The van der Waals surface area contributed by atoms with Gasteiger partial charge in [-0.15, -0.1) is 0 Å². The summed E-state index contributed by atoms with van der Waals surface area (Å²) in [5.41, 5.74) is 2.32. The molecule has 134 valence electrons. The van der Waals surface area contributed by atoms with Crippen molar-refractivity contribution in [3.05, 3.63) is 58.2 Å². The lowest BCUT2D eigenvalue weighted by Crippen LogP contribution is -2.37. The summed E-state index contributed by atoms with van der Waals surface area (Å²) in [6.07, 6.45) is 0. The molecule has 1 aromatic heterocycles. The predicted octanol–water partition coefficient (Wildman–Crippen LogP) is 4.47. The van der Waals surface area contributed by atoms with Crippen molar-refractivity contribution in [2.75, 3.05) is 31.2 Å². The zero-order valence-corrected chi connectivity index (χ0v) is 15.3. The largest absolute Gasteiger partial charge is 0.476 e. The maximum absolute atomic E-state index is 12.3. The van der Waals surface area contributed by atoms with Crippen molar-refractivity contribution in [3.63, 3.8) is 0 Å². The van der Waals surface area contributed by atoms with E-state index < -0.39 is 5.97 Å². The van der Waals surface area contributed by atoms with Crippen molar-refractivity contribution in [2.45, 2.75) is 0 Å². The minimum atomic E-state index is -1.00. The standard InChI is InChI=1S/C19H16Cl2N2O3/c20-14-10-13-16(11-15(14)21)23(12-4-2-1-3-5-12)18(19(24)25)17(13)22-6-8-26-9-7-22/h1-5,10-11H,6-9H2,(H,24,25). The van der Waals surface area contributed by atoms with Crippen LogP contribution in [0.25, 0.3) is 16.6 Å². The van der Waals surface area contributed by atoms with E-state index >= 15 is 0 Å². The van der Waals surface area contributed by atoms with Crippen LogP contribution < -0.4 is 4.90 Å². The second-order valence-electron chi connectivity index (χ2n) is 6.06. The van der Waals surface area contributed by atoms with E-state index in [2.05, 4.69) is 0 Å². The first-order valence-electron chi connectivity index (χ1n) is 8.23. The number of para-hydroxylation sites is 1. The van der Waals surface area contributed by atoms with Gasteiger partial charge in [-0.2, -0.15) is 0 Å². The van der Waals surface area contributed by atoms with Crippen molar-refractivity contribution in [3.8, 4) is 5.69 Å². The Labute approximate surface area is 160 Å². The first-order chi connectivity index (χ1) is 12.6. The van der Waals surface area contributed by atoms with Gasteiger partial charge in [0.2, 0.25) is 0 Å². The van der Waals surface area contributed by atoms with Crippen LogP contribution in [0.5, 0.6) is 0 Å². The second-order valence-corrected chi connectivity index (χ2v) is 6.87. The third-order valence-electron chi connectivity index (χ3n) is 4.53. The minimum Gasteiger partial charge on any atom is -0.476 e. The van der Waals surface area contributed by atoms with E-state index in [1.54, 1.807) is 16.7 Å². The quantitative estimate of drug-likeness (QED) is 0.716. The zero-order valence-electron chi connectivity index (χ0n) is 13.8. The van der Waals surface area contributed by atoms with E-state index in [-0.39, 0.29) is 5.69 Å². The molecular formula is C19H16Cl2N2O3. The molecule has 3 aromatic rings. The van der Waals surface area contributed by atoms with Crippen molar-refractivity contribution in [1.29, 1.82) is 0 Å². The fourth-order valence-electron chi connectivity index (χ4n) is 3.41. The van der Waals surface area contributed by atoms with Gasteiger partial charge in [0.15, 0.2) is 5.69 Å². The molecule has 0 atom stereocenters. The van der Waals surface area contributed by atoms with Gasteiger partial charge in [0.1, 0.15) is 0 Å². The van der Waals surface area contributed by atoms with Crippen LogP contribution in [-0.2, 0) is 4.74 Å². The van der Waals surface area contributed by atoms with Crippen molar-refractivity contribution < 1.29 is 14.6 Å². The molecule has 1 aliphatic heterocycles. The lowest BCUT2D eigenvalue weighted by atomic mass is 10.2. The molecule has 0 bridgehead atoms. The number of nitrogens with zero attached hydrogens (tertiary/aromatic N) is 2. The summed E-state index contributed by atoms with van der Waals surface area (Å²) in [6, 6.07) is 12.9. The summed E-state index contributed by atoms with van der Waals surface area (Å²) in [5, 5.41) is 11.6. The normalized spacial score (nSPS) is 14.8. The molecule has 2 aromatic carbocycles. The van der Waals surface area contributed by atoms with Crippen LogP contribution in [0, 0.1) is 0 Å². The smallest absolute Gasteiger partial charge is 0.355 e. The molecule has 1 saturated heterocycles. The zero-order chi connectivity index (χ0) is 18.3. The Morgan fingerprint density at radius 2 is 1.69 bits per heavy atom. The van der Waals surface area contributed by atoms with Crippen molar-refractivity contribution >= 4 is 45.8 Å². The van der Waals surface area contributed by atoms with E-state index in [1.165, 1.54) is 0 Å². The van der Waals surface area contributed by atoms with Gasteiger partial charge in [-0.05, 0) is 24.3 Å². The highest BCUT2D eigenvalue weighted by Gasteiger charge is 2.28. The van der Waals surface area contributed by atoms with Gasteiger partial charge in [-0.25, -0.2) is 4.79 Å². The predicted molar refractivity (Wildman–Crippen MR) is 103 cm³/mol. The number of benzene rings is 2. The molecule has 0 amide bonds. The molecule has 7 heteroatoms. The third-order valence-corrected chi connectivity index (χ3v) is 5.25. The molecule has 0 aliphatic carbocycles. The average Bonchev–Trinajstić information content (AvgIpc) is 2.98. The molecule has 5 nitrogen and oxygen atoms in total. The second kappa shape index (κ2) is 6.83. The maximum atomic E-state index is 12.3. The monoisotopic (exact) mass is 390 g/mol. The first-order valence-corrected chi connectivity index (χ1v) is 8.98. The number of anilines is 1. The SMILES string of the molecule is O=C(O)c1c(N2CCOCC2)c2cc(Cl)c(Cl)cc2n1-c1ccccc1. The van der Waals surface area contributed by atoms with Crippen LogP contribution in [0.4, 0.5) is 5.69 Å². The number of carboxylic acid groups (broad SMARTS) is 1. The highest BCUT2D eigenvalue weighted by molar-refractivity contribution is 6.43. The van der Waals surface area contributed by atoms with Crippen LogP contribution in [-0.4, -0.2) is 41.9 Å². The van der Waals surface area contributed by atoms with E-state index in [4.69, 9.17) is 27.9 Å². The van der Waals surface area contributed by atoms with Crippen molar-refractivity contribution in [2.24, 2.45) is 0 Å². The van der Waals surface area contributed by atoms with Crippen LogP contribution in [0.3, 0.4) is 0 Å². The van der Waals surface area contributed by atoms with Gasteiger partial charge >= 0.3 is 5.97 Å². The van der Waals surface area contributed by atoms with Crippen LogP contribution >= 0.6 is 23.2 Å². The number of ether oxygens (including phenoxy) is 1. The molecule has 4 rings (SSSR count). The Bertz CT molecular complexity index is 980. The van der Waals surface area contributed by atoms with Gasteiger partial charge in [0.25, 0.3) is 0 Å². The Balaban J connectivity index is 2.10. The maximum Gasteiger partial charge on any atom is 0.355 e. The molecule has 0 radical (unpaired) electrons. The van der Waals surface area contributed by atoms with Crippen LogP contribution in [0.15, 0.2) is 42.5 Å². The lowest BCUT2D eigenvalue weighted by molar-refractivity contribution is 0.0688. The molecule has 1 aliphatic rings. The number of aromatic nitrogens is 1. The Morgan fingerprint density at radius 1 is 1.04 bits per heavy atom. The van der Waals surface area contributed by atoms with Gasteiger partial charge < -0.3 is 19.3 Å². The summed E-state index contributed by atoms with van der Waals surface area (Å²) in [7, 11) is 0. The van der Waals surface area contributed by atoms with E-state index in [0.29, 0.717) is 47.6 Å². The molecule has 0 unspecified atom stereocenters. The van der Waals surface area contributed by atoms with E-state index in [0.717, 1.165) is 11.1 Å². The highest BCUT2D eigenvalue weighted by Crippen LogP contribution is 2.40. The molecule has 1 N–H and O–H groups in total. The van der Waals surface area contributed by atoms with Gasteiger partial charge in [0, 0.05) is 24.2 Å². The number of halogens is 2. The number of rotatable bonds is 3. The summed E-state index contributed by atoms with van der Waals surface area (Å²) in [4.78, 5) is 14.3. The molecule has 0 saturated carbocycles. The van der Waals surface area contributed by atoms with Gasteiger partial charge in [-0.3, -0.25) is 0 Å². The topological polar surface area (TPSA) is 54.7 Å². The van der Waals surface area contributed by atoms with E-state index in [9.17, 15) is 9.90 Å². The third kappa shape index (κ3) is 2.82. The number of carbonyl (C=O) groups is 1. The Kier molecular flexibility index (Phi) is 4.53. The number of carboxylic acids is 1. The number of hydrogen-bond acceptors (Lipinski definition) is 3. The average molecular weight is 391 g/mol. The molecule has 26 heavy (non-hydrogen) atoms. The minimum absolute atomic E-state index is 0.200. The molecular weight excluding hydrogens is 375 g/mol. The van der Waals surface area contributed by atoms with Crippen LogP contribution in [0.2, 0.25) is 10.0 Å². The molecule has 0 spiro atoms. The van der Waals surface area contributed by atoms with Gasteiger partial charge in [-0.1, -0.05) is 41.4 Å². The summed E-state index contributed by atoms with van der Waals surface area (Å²) in [5.74, 6) is -1.00. The van der Waals surface area contributed by atoms with E-state index in [1.807, 2.05) is 35.2 Å². The number of hydrogen-bond donors (Lipinski definition) is 1. The Morgan fingerprint density at radius 3 is 2.35 bits per heavy atom. The highest BCUT2D eigenvalue weighted by atomic mass is 35.5. The number of morpholine rings is 1. The summed E-state index contributed by atoms with van der Waals surface area (Å²) >= 11 is 12.5. The fourth-order valence-corrected chi connectivity index (χ4v) is 3.74. The Hall–Kier alpha value is -2.21. The lowest BCUT2D eigenvalue weighted by Gasteiger charge is -2.29. The van der Waals surface area contributed by atoms with Crippen molar-refractivity contribution in [1.82, 2.24) is 4.57 Å². The first kappa shape index (κ1) is 17.2. The molecule has 2 heterocycles. The van der Waals surface area contributed by atoms with Gasteiger partial charge in [0.05, 0.1) is 34.5 Å². The fraction of sp³-hybridized carbons (Fsp3) is 0.211. The molecule has 1 fully saturated rings. The summed E-state index contributed by atoms with van der Waals surface area (Å²) in [6.45, 7) is 2.35. The van der Waals surface area contributed by atoms with Crippen LogP contribution in [0.1, 0.15) is 10.5 Å².